The maximum atomic E-state index is 10.3. The van der Waals surface area contributed by atoms with E-state index in [1.165, 1.54) is 6.92 Å². The largest absolute Gasteiger partial charge is 0.466 e. The normalized spacial score (nSPS) is 12.7. The second kappa shape index (κ2) is 5.71. The van der Waals surface area contributed by atoms with Crippen LogP contribution in [0.5, 0.6) is 0 Å². The number of halogens is 1. The molecule has 0 saturated heterocycles. The van der Waals surface area contributed by atoms with Gasteiger partial charge in [0.05, 0.1) is 6.61 Å². The minimum Gasteiger partial charge on any atom is -0.466 e. The average Bonchev–Trinajstić information content (AvgIpc) is 1.90. The molecule has 0 bridgehead atoms. The topological polar surface area (TPSA) is 26.3 Å². The van der Waals surface area contributed by atoms with Crippen molar-refractivity contribution in [2.75, 3.05) is 11.9 Å². The fourth-order valence-electron chi connectivity index (χ4n) is 0.507. The quantitative estimate of drug-likeness (QED) is 0.522. The van der Waals surface area contributed by atoms with Gasteiger partial charge in [-0.15, -0.1) is 0 Å². The minimum absolute atomic E-state index is 0.195. The van der Waals surface area contributed by atoms with Crippen LogP contribution in [0.15, 0.2) is 0 Å². The standard InChI is InChI=1S/C7H13BrO2/c1-3-7(4-8)5-10-6(2)9/h7H,3-5H2,1-2H3/t7-/m0/s1. The first-order chi connectivity index (χ1) is 4.70. The van der Waals surface area contributed by atoms with E-state index < -0.39 is 0 Å². The fourth-order valence-corrected chi connectivity index (χ4v) is 1.15. The average molecular weight is 209 g/mol. The lowest BCUT2D eigenvalue weighted by Crippen LogP contribution is -2.12. The number of carbonyl (C=O) groups excluding carboxylic acids is 1. The van der Waals surface area contributed by atoms with Crippen LogP contribution in [0.4, 0.5) is 0 Å². The molecule has 0 rings (SSSR count). The Morgan fingerprint density at radius 2 is 2.30 bits per heavy atom. The van der Waals surface area contributed by atoms with Gasteiger partial charge in [0.2, 0.25) is 0 Å². The lowest BCUT2D eigenvalue weighted by molar-refractivity contribution is -0.142. The van der Waals surface area contributed by atoms with Gasteiger partial charge in [0.1, 0.15) is 0 Å². The number of ether oxygens (including phenoxy) is 1. The van der Waals surface area contributed by atoms with E-state index in [0.717, 1.165) is 11.8 Å². The molecule has 3 heteroatoms. The molecule has 0 aliphatic carbocycles. The van der Waals surface area contributed by atoms with E-state index in [4.69, 9.17) is 4.74 Å². The highest BCUT2D eigenvalue weighted by Gasteiger charge is 2.04. The molecular weight excluding hydrogens is 196 g/mol. The number of esters is 1. The highest BCUT2D eigenvalue weighted by Crippen LogP contribution is 2.06. The molecule has 1 atom stereocenters. The van der Waals surface area contributed by atoms with Gasteiger partial charge in [0.25, 0.3) is 0 Å². The molecule has 0 amide bonds. The fraction of sp³-hybridized carbons (Fsp3) is 0.857. The second-order valence-electron chi connectivity index (χ2n) is 2.23. The number of alkyl halides is 1. The van der Waals surface area contributed by atoms with Gasteiger partial charge in [-0.25, -0.2) is 0 Å². The highest BCUT2D eigenvalue weighted by molar-refractivity contribution is 9.09. The molecule has 60 valence electrons. The molecule has 0 unspecified atom stereocenters. The monoisotopic (exact) mass is 208 g/mol. The maximum absolute atomic E-state index is 10.3. The van der Waals surface area contributed by atoms with Crippen LogP contribution < -0.4 is 0 Å². The zero-order valence-corrected chi connectivity index (χ0v) is 7.98. The van der Waals surface area contributed by atoms with Gasteiger partial charge in [-0.3, -0.25) is 4.79 Å². The molecule has 0 heterocycles. The first-order valence-electron chi connectivity index (χ1n) is 3.40. The molecule has 0 N–H and O–H groups in total. The minimum atomic E-state index is -0.195. The third kappa shape index (κ3) is 4.79. The van der Waals surface area contributed by atoms with E-state index in [9.17, 15) is 4.79 Å². The maximum Gasteiger partial charge on any atom is 0.302 e. The first kappa shape index (κ1) is 9.95. The van der Waals surface area contributed by atoms with Crippen molar-refractivity contribution in [2.24, 2.45) is 5.92 Å². The summed E-state index contributed by atoms with van der Waals surface area (Å²) in [5, 5.41) is 0.900. The van der Waals surface area contributed by atoms with Gasteiger partial charge in [-0.2, -0.15) is 0 Å². The van der Waals surface area contributed by atoms with Crippen molar-refractivity contribution in [3.63, 3.8) is 0 Å². The summed E-state index contributed by atoms with van der Waals surface area (Å²) >= 11 is 3.33. The van der Waals surface area contributed by atoms with Gasteiger partial charge in [-0.05, 0) is 6.42 Å². The molecule has 0 saturated carbocycles. The van der Waals surface area contributed by atoms with E-state index in [1.54, 1.807) is 0 Å². The molecule has 0 fully saturated rings. The van der Waals surface area contributed by atoms with Crippen molar-refractivity contribution in [3.8, 4) is 0 Å². The molecule has 0 aromatic carbocycles. The Bertz CT molecular complexity index is 99.8. The van der Waals surface area contributed by atoms with Crippen molar-refractivity contribution in [3.05, 3.63) is 0 Å². The molecule has 0 aliphatic rings. The third-order valence-corrected chi connectivity index (χ3v) is 2.23. The van der Waals surface area contributed by atoms with E-state index in [0.29, 0.717) is 12.5 Å². The number of rotatable bonds is 4. The third-order valence-electron chi connectivity index (χ3n) is 1.32. The second-order valence-corrected chi connectivity index (χ2v) is 2.88. The lowest BCUT2D eigenvalue weighted by atomic mass is 10.1. The SMILES string of the molecule is CC[C@@H](CBr)COC(C)=O. The van der Waals surface area contributed by atoms with Gasteiger partial charge >= 0.3 is 5.97 Å². The van der Waals surface area contributed by atoms with Gasteiger partial charge in [0, 0.05) is 18.2 Å². The van der Waals surface area contributed by atoms with Crippen molar-refractivity contribution >= 4 is 21.9 Å². The van der Waals surface area contributed by atoms with Crippen LogP contribution >= 0.6 is 15.9 Å². The Morgan fingerprint density at radius 3 is 2.60 bits per heavy atom. The molecule has 2 nitrogen and oxygen atoms in total. The van der Waals surface area contributed by atoms with Gasteiger partial charge in [-0.1, -0.05) is 22.9 Å². The summed E-state index contributed by atoms with van der Waals surface area (Å²) in [6.07, 6.45) is 1.04. The number of hydrogen-bond acceptors (Lipinski definition) is 2. The summed E-state index contributed by atoms with van der Waals surface area (Å²) in [7, 11) is 0. The van der Waals surface area contributed by atoms with Crippen LogP contribution in [-0.4, -0.2) is 17.9 Å². The first-order valence-corrected chi connectivity index (χ1v) is 4.52. The molecule has 0 aromatic rings. The summed E-state index contributed by atoms with van der Waals surface area (Å²) in [5.41, 5.74) is 0. The molecule has 10 heavy (non-hydrogen) atoms. The highest BCUT2D eigenvalue weighted by atomic mass is 79.9. The molecule has 0 aromatic heterocycles. The van der Waals surface area contributed by atoms with E-state index in [1.807, 2.05) is 0 Å². The number of hydrogen-bond donors (Lipinski definition) is 0. The predicted octanol–water partition coefficient (Wildman–Crippen LogP) is 1.97. The molecular formula is C7H13BrO2. The lowest BCUT2D eigenvalue weighted by Gasteiger charge is -2.09. The van der Waals surface area contributed by atoms with Crippen LogP contribution in [0.2, 0.25) is 0 Å². The number of carbonyl (C=O) groups is 1. The summed E-state index contributed by atoms with van der Waals surface area (Å²) in [5.74, 6) is 0.267. The van der Waals surface area contributed by atoms with Crippen LogP contribution in [0, 0.1) is 5.92 Å². The van der Waals surface area contributed by atoms with Crippen LogP contribution in [0.1, 0.15) is 20.3 Å². The summed E-state index contributed by atoms with van der Waals surface area (Å²) in [4.78, 5) is 10.3. The van der Waals surface area contributed by atoms with E-state index in [-0.39, 0.29) is 5.97 Å². The Hall–Kier alpha value is -0.0500. The van der Waals surface area contributed by atoms with Crippen molar-refractivity contribution in [2.45, 2.75) is 20.3 Å². The Balaban J connectivity index is 3.34. The van der Waals surface area contributed by atoms with E-state index in [2.05, 4.69) is 22.9 Å². The van der Waals surface area contributed by atoms with Crippen LogP contribution in [0.25, 0.3) is 0 Å². The van der Waals surface area contributed by atoms with Crippen LogP contribution in [-0.2, 0) is 9.53 Å². The van der Waals surface area contributed by atoms with Crippen molar-refractivity contribution in [1.82, 2.24) is 0 Å². The smallest absolute Gasteiger partial charge is 0.302 e. The zero-order valence-electron chi connectivity index (χ0n) is 6.39. The summed E-state index contributed by atoms with van der Waals surface area (Å²) in [6, 6.07) is 0. The Morgan fingerprint density at radius 1 is 1.70 bits per heavy atom. The summed E-state index contributed by atoms with van der Waals surface area (Å²) in [6.45, 7) is 4.05. The van der Waals surface area contributed by atoms with Gasteiger partial charge < -0.3 is 4.74 Å². The zero-order chi connectivity index (χ0) is 7.98. The predicted molar refractivity (Wildman–Crippen MR) is 44.2 cm³/mol. The Kier molecular flexibility index (Phi) is 5.69. The van der Waals surface area contributed by atoms with Crippen molar-refractivity contribution in [1.29, 1.82) is 0 Å². The van der Waals surface area contributed by atoms with Crippen molar-refractivity contribution < 1.29 is 9.53 Å². The van der Waals surface area contributed by atoms with Gasteiger partial charge in [0.15, 0.2) is 0 Å². The van der Waals surface area contributed by atoms with Crippen LogP contribution in [0.3, 0.4) is 0 Å². The van der Waals surface area contributed by atoms with E-state index >= 15 is 0 Å². The summed E-state index contributed by atoms with van der Waals surface area (Å²) < 4.78 is 4.82. The molecule has 0 radical (unpaired) electrons. The Labute approximate surface area is 70.1 Å². The molecule has 0 aliphatic heterocycles. The molecule has 0 spiro atoms.